The molecule has 3 rings (SSSR count). The summed E-state index contributed by atoms with van der Waals surface area (Å²) in [5.41, 5.74) is 2.38. The molecule has 1 unspecified atom stereocenters. The minimum absolute atomic E-state index is 0.0875. The zero-order valence-electron chi connectivity index (χ0n) is 18.5. The number of benzene rings is 2. The molecule has 1 atom stereocenters. The number of carbonyl (C=O) groups excluding carboxylic acids is 3. The Morgan fingerprint density at radius 3 is 2.79 bits per heavy atom. The van der Waals surface area contributed by atoms with Gasteiger partial charge in [-0.05, 0) is 36.4 Å². The molecular weight excluding hydrogens is 424 g/mol. The fourth-order valence-electron chi connectivity index (χ4n) is 3.18. The third kappa shape index (κ3) is 5.37. The van der Waals surface area contributed by atoms with E-state index in [0.717, 1.165) is 0 Å². The van der Waals surface area contributed by atoms with Crippen molar-refractivity contribution >= 4 is 29.2 Å². The molecule has 0 aliphatic heterocycles. The minimum Gasteiger partial charge on any atom is -0.464 e. The lowest BCUT2D eigenvalue weighted by atomic mass is 10.1. The van der Waals surface area contributed by atoms with Crippen molar-refractivity contribution in [3.63, 3.8) is 0 Å². The highest BCUT2D eigenvalue weighted by molar-refractivity contribution is 6.05. The van der Waals surface area contributed by atoms with E-state index in [4.69, 9.17) is 4.74 Å². The normalized spacial score (nSPS) is 11.3. The van der Waals surface area contributed by atoms with E-state index in [1.807, 2.05) is 0 Å². The summed E-state index contributed by atoms with van der Waals surface area (Å²) in [5, 5.41) is 17.5. The van der Waals surface area contributed by atoms with Crippen LogP contribution in [0.2, 0.25) is 0 Å². The number of rotatable bonds is 7. The van der Waals surface area contributed by atoms with E-state index < -0.39 is 12.1 Å². The summed E-state index contributed by atoms with van der Waals surface area (Å²) in [4.78, 5) is 36.4. The number of ether oxygens (including phenoxy) is 1. The van der Waals surface area contributed by atoms with Crippen LogP contribution in [0.4, 0.5) is 0 Å². The molecule has 0 radical (unpaired) electrons. The number of esters is 1. The summed E-state index contributed by atoms with van der Waals surface area (Å²) in [7, 11) is 4.43. The third-order valence-electron chi connectivity index (χ3n) is 4.96. The first-order valence-electron chi connectivity index (χ1n) is 10.2. The molecule has 0 saturated carbocycles. The van der Waals surface area contributed by atoms with Crippen LogP contribution in [-0.4, -0.2) is 71.9 Å². The number of carbonyl (C=O) groups is 3. The van der Waals surface area contributed by atoms with Crippen molar-refractivity contribution in [1.29, 1.82) is 0 Å². The number of fused-ring (bicyclic) bond motifs is 1. The fourth-order valence-corrected chi connectivity index (χ4v) is 3.18. The number of hydrogen-bond donors (Lipinski definition) is 2. The summed E-state index contributed by atoms with van der Waals surface area (Å²) in [6, 6.07) is 12.1. The maximum Gasteiger partial charge on any atom is 0.359 e. The fraction of sp³-hybridized carbons (Fsp3) is 0.250. The van der Waals surface area contributed by atoms with Crippen LogP contribution < -0.4 is 5.32 Å². The van der Waals surface area contributed by atoms with Crippen LogP contribution in [0, 0.1) is 11.8 Å². The molecule has 2 amide bonds. The highest BCUT2D eigenvalue weighted by Crippen LogP contribution is 2.25. The number of amides is 2. The second kappa shape index (κ2) is 10.4. The Hall–Kier alpha value is -4.16. The molecular formula is C24H24N4O5. The summed E-state index contributed by atoms with van der Waals surface area (Å²) in [5.74, 6) is 4.79. The van der Waals surface area contributed by atoms with Crippen molar-refractivity contribution in [2.75, 3.05) is 27.7 Å². The lowest BCUT2D eigenvalue weighted by molar-refractivity contribution is -0.117. The molecule has 0 fully saturated rings. The largest absolute Gasteiger partial charge is 0.464 e. The highest BCUT2D eigenvalue weighted by Gasteiger charge is 2.20. The molecule has 1 heterocycles. The second-order valence-corrected chi connectivity index (χ2v) is 7.27. The summed E-state index contributed by atoms with van der Waals surface area (Å²) in [6.07, 6.45) is 0.149. The molecule has 9 nitrogen and oxygen atoms in total. The van der Waals surface area contributed by atoms with Crippen LogP contribution in [0.1, 0.15) is 32.8 Å². The molecule has 1 aromatic heterocycles. The average molecular weight is 448 g/mol. The van der Waals surface area contributed by atoms with Crippen molar-refractivity contribution in [1.82, 2.24) is 20.0 Å². The Labute approximate surface area is 190 Å². The predicted molar refractivity (Wildman–Crippen MR) is 122 cm³/mol. The molecule has 0 bridgehead atoms. The van der Waals surface area contributed by atoms with Crippen molar-refractivity contribution < 1.29 is 24.2 Å². The average Bonchev–Trinajstić information content (AvgIpc) is 3.24. The predicted octanol–water partition coefficient (Wildman–Crippen LogP) is 1.36. The zero-order chi connectivity index (χ0) is 24.0. The van der Waals surface area contributed by atoms with Gasteiger partial charge in [-0.3, -0.25) is 9.59 Å². The molecule has 0 spiro atoms. The summed E-state index contributed by atoms with van der Waals surface area (Å²) < 4.78 is 6.45. The summed E-state index contributed by atoms with van der Waals surface area (Å²) in [6.45, 7) is 0.396. The minimum atomic E-state index is -0.879. The Bertz CT molecular complexity index is 1250. The number of aliphatic hydroxyl groups excluding tert-OH is 1. The van der Waals surface area contributed by atoms with Crippen LogP contribution in [0.15, 0.2) is 42.5 Å². The van der Waals surface area contributed by atoms with Crippen molar-refractivity contribution in [2.45, 2.75) is 12.5 Å². The quantitative estimate of drug-likeness (QED) is 0.321. The van der Waals surface area contributed by atoms with Gasteiger partial charge in [0.2, 0.25) is 6.41 Å². The summed E-state index contributed by atoms with van der Waals surface area (Å²) >= 11 is 0. The van der Waals surface area contributed by atoms with Gasteiger partial charge in [-0.2, -0.15) is 5.10 Å². The van der Waals surface area contributed by atoms with E-state index in [1.54, 1.807) is 54.2 Å². The van der Waals surface area contributed by atoms with Crippen LogP contribution >= 0.6 is 0 Å². The van der Waals surface area contributed by atoms with E-state index in [1.165, 1.54) is 19.1 Å². The van der Waals surface area contributed by atoms with Gasteiger partial charge in [-0.1, -0.05) is 17.9 Å². The first kappa shape index (κ1) is 23.5. The van der Waals surface area contributed by atoms with E-state index in [9.17, 15) is 19.5 Å². The molecule has 2 aromatic carbocycles. The van der Waals surface area contributed by atoms with Crippen molar-refractivity contribution in [2.24, 2.45) is 0 Å². The first-order valence-corrected chi connectivity index (χ1v) is 10.2. The number of aromatic nitrogens is 2. The SMILES string of the molecule is CNC(=O)c1ccc2c(c1)c(C(=O)OC)nn2-c1cccc(C#CC(O)CCN(C)C=O)c1. The van der Waals surface area contributed by atoms with Gasteiger partial charge in [0.15, 0.2) is 5.69 Å². The van der Waals surface area contributed by atoms with Crippen LogP contribution in [-0.2, 0) is 9.53 Å². The molecule has 0 aliphatic rings. The molecule has 0 saturated heterocycles. The van der Waals surface area contributed by atoms with Gasteiger partial charge in [-0.15, -0.1) is 0 Å². The Morgan fingerprint density at radius 2 is 2.09 bits per heavy atom. The lowest BCUT2D eigenvalue weighted by Gasteiger charge is -2.10. The smallest absolute Gasteiger partial charge is 0.359 e. The standard InChI is InChI=1S/C24H24N4O5/c1-25-23(31)17-8-10-21-20(14-17)22(24(32)33-3)26-28(21)18-6-4-5-16(13-18)7-9-19(30)11-12-27(2)15-29/h4-6,8,10,13-15,19,30H,11-12H2,1-3H3,(H,25,31). The molecule has 2 N–H and O–H groups in total. The molecule has 33 heavy (non-hydrogen) atoms. The maximum absolute atomic E-state index is 12.3. The number of nitrogens with one attached hydrogen (secondary N) is 1. The molecule has 0 aliphatic carbocycles. The Morgan fingerprint density at radius 1 is 1.30 bits per heavy atom. The van der Waals surface area contributed by atoms with Gasteiger partial charge in [0, 0.05) is 43.6 Å². The van der Waals surface area contributed by atoms with Gasteiger partial charge < -0.3 is 20.1 Å². The van der Waals surface area contributed by atoms with Gasteiger partial charge in [-0.25, -0.2) is 9.48 Å². The zero-order valence-corrected chi connectivity index (χ0v) is 18.5. The van der Waals surface area contributed by atoms with Crippen LogP contribution in [0.25, 0.3) is 16.6 Å². The number of nitrogens with zero attached hydrogens (tertiary/aromatic N) is 3. The Balaban J connectivity index is 1.98. The second-order valence-electron chi connectivity index (χ2n) is 7.27. The van der Waals surface area contributed by atoms with Crippen LogP contribution in [0.3, 0.4) is 0 Å². The molecule has 170 valence electrons. The van der Waals surface area contributed by atoms with Crippen LogP contribution in [0.5, 0.6) is 0 Å². The number of aliphatic hydroxyl groups is 1. The number of hydrogen-bond acceptors (Lipinski definition) is 6. The van der Waals surface area contributed by atoms with Crippen molar-refractivity contribution in [3.8, 4) is 17.5 Å². The Kier molecular flexibility index (Phi) is 7.43. The lowest BCUT2D eigenvalue weighted by Crippen LogP contribution is -2.21. The molecule has 9 heteroatoms. The number of methoxy groups -OCH3 is 1. The van der Waals surface area contributed by atoms with E-state index in [0.29, 0.717) is 47.1 Å². The van der Waals surface area contributed by atoms with Gasteiger partial charge in [0.25, 0.3) is 5.91 Å². The monoisotopic (exact) mass is 448 g/mol. The van der Waals surface area contributed by atoms with Gasteiger partial charge in [0.1, 0.15) is 6.10 Å². The third-order valence-corrected chi connectivity index (χ3v) is 4.96. The van der Waals surface area contributed by atoms with Gasteiger partial charge >= 0.3 is 5.97 Å². The van der Waals surface area contributed by atoms with E-state index >= 15 is 0 Å². The maximum atomic E-state index is 12.3. The van der Waals surface area contributed by atoms with Gasteiger partial charge in [0.05, 0.1) is 18.3 Å². The van der Waals surface area contributed by atoms with Crippen molar-refractivity contribution in [3.05, 3.63) is 59.3 Å². The first-order chi connectivity index (χ1) is 15.9. The van der Waals surface area contributed by atoms with E-state index in [-0.39, 0.29) is 11.6 Å². The highest BCUT2D eigenvalue weighted by atomic mass is 16.5. The topological polar surface area (TPSA) is 114 Å². The molecule has 3 aromatic rings. The van der Waals surface area contributed by atoms with E-state index in [2.05, 4.69) is 22.3 Å².